The zero-order chi connectivity index (χ0) is 23.7. The van der Waals surface area contributed by atoms with Crippen molar-refractivity contribution >= 4 is 24.1 Å². The van der Waals surface area contributed by atoms with Crippen molar-refractivity contribution in [2.75, 3.05) is 0 Å². The number of nitrogens with zero attached hydrogens (tertiary/aromatic N) is 2. The molecule has 180 valence electrons. The summed E-state index contributed by atoms with van der Waals surface area (Å²) in [6, 6.07) is 0. The predicted octanol–water partition coefficient (Wildman–Crippen LogP) is 5.39. The van der Waals surface area contributed by atoms with Crippen molar-refractivity contribution in [2.24, 2.45) is 22.7 Å². The fraction of sp³-hybridized carbons (Fsp3) is 0.957. The van der Waals surface area contributed by atoms with E-state index in [2.05, 4.69) is 46.3 Å². The van der Waals surface area contributed by atoms with Gasteiger partial charge in [-0.1, -0.05) is 54.4 Å². The van der Waals surface area contributed by atoms with Crippen LogP contribution in [0.5, 0.6) is 0 Å². The van der Waals surface area contributed by atoms with Gasteiger partial charge in [0, 0.05) is 0 Å². The van der Waals surface area contributed by atoms with Crippen molar-refractivity contribution < 1.29 is 21.6 Å². The van der Waals surface area contributed by atoms with Gasteiger partial charge in [0.25, 0.3) is 19.7 Å². The minimum Gasteiger partial charge on any atom is -0.359 e. The van der Waals surface area contributed by atoms with Crippen LogP contribution in [0.3, 0.4) is 0 Å². The Balaban J connectivity index is 2.15. The minimum absolute atomic E-state index is 0.139. The topological polar surface area (TPSA) is 105 Å². The lowest BCUT2D eigenvalue weighted by Gasteiger charge is -2.39. The molecule has 0 heterocycles. The number of hydrogen-bond donors (Lipinski definition) is 0. The Hall–Kier alpha value is -0.720. The molecule has 0 spiro atoms. The maximum Gasteiger partial charge on any atom is 0.495 e. The van der Waals surface area contributed by atoms with Crippen molar-refractivity contribution in [3.05, 3.63) is 5.53 Å². The zero-order valence-corrected chi connectivity index (χ0v) is 21.9. The first-order chi connectivity index (χ1) is 14.2. The molecule has 0 unspecified atom stereocenters. The van der Waals surface area contributed by atoms with Crippen molar-refractivity contribution in [2.45, 2.75) is 116 Å². The van der Waals surface area contributed by atoms with Crippen LogP contribution >= 0.6 is 0 Å². The molecule has 0 aromatic heterocycles. The van der Waals surface area contributed by atoms with Gasteiger partial charge in [-0.3, -0.25) is 0 Å². The number of sulfone groups is 2. The second kappa shape index (κ2) is 9.64. The smallest absolute Gasteiger partial charge is 0.359 e. The molecule has 6 nitrogen and oxygen atoms in total. The largest absolute Gasteiger partial charge is 0.495 e. The highest BCUT2D eigenvalue weighted by Crippen LogP contribution is 2.44. The lowest BCUT2D eigenvalue weighted by molar-refractivity contribution is 0.00352. The molecule has 2 aliphatic rings. The van der Waals surface area contributed by atoms with Crippen LogP contribution in [0.15, 0.2) is 0 Å². The maximum atomic E-state index is 13.2. The molecule has 31 heavy (non-hydrogen) atoms. The predicted molar refractivity (Wildman–Crippen MR) is 126 cm³/mol. The summed E-state index contributed by atoms with van der Waals surface area (Å²) < 4.78 is 51.9. The van der Waals surface area contributed by atoms with Gasteiger partial charge in [0.1, 0.15) is 0 Å². The molecule has 2 aliphatic carbocycles. The zero-order valence-electron chi connectivity index (χ0n) is 20.2. The van der Waals surface area contributed by atoms with E-state index in [1.807, 2.05) is 0 Å². The average Bonchev–Trinajstić information content (AvgIpc) is 2.74. The summed E-state index contributed by atoms with van der Waals surface area (Å²) in [4.78, 5) is 2.89. The molecule has 0 aliphatic heterocycles. The third kappa shape index (κ3) is 5.44. The van der Waals surface area contributed by atoms with E-state index in [1.165, 1.54) is 0 Å². The van der Waals surface area contributed by atoms with E-state index in [0.29, 0.717) is 37.5 Å². The van der Waals surface area contributed by atoms with Crippen molar-refractivity contribution in [1.82, 2.24) is 0 Å². The summed E-state index contributed by atoms with van der Waals surface area (Å²) in [5, 5.41) is -1.57. The summed E-state index contributed by atoms with van der Waals surface area (Å²) in [7, 11) is -8.38. The average molecular weight is 475 g/mol. The first-order valence-electron chi connectivity index (χ1n) is 11.9. The van der Waals surface area contributed by atoms with Crippen molar-refractivity contribution in [1.29, 1.82) is 0 Å². The summed E-state index contributed by atoms with van der Waals surface area (Å²) in [6.07, 6.45) is 6.72. The summed E-state index contributed by atoms with van der Waals surface area (Å²) in [6.45, 7) is 13.1. The van der Waals surface area contributed by atoms with Gasteiger partial charge in [0.2, 0.25) is 0 Å². The lowest BCUT2D eigenvalue weighted by Crippen LogP contribution is -2.43. The number of hydrogen-bond acceptors (Lipinski definition) is 4. The van der Waals surface area contributed by atoms with E-state index >= 15 is 0 Å². The molecular weight excluding hydrogens is 432 g/mol. The van der Waals surface area contributed by atoms with Gasteiger partial charge in [0.15, 0.2) is 0 Å². The third-order valence-corrected chi connectivity index (χ3v) is 14.1. The summed E-state index contributed by atoms with van der Waals surface area (Å²) >= 11 is 0. The van der Waals surface area contributed by atoms with Crippen molar-refractivity contribution in [3.8, 4) is 0 Å². The molecule has 8 heteroatoms. The molecule has 0 radical (unpaired) electrons. The van der Waals surface area contributed by atoms with Gasteiger partial charge in [-0.25, -0.2) is 16.8 Å². The van der Waals surface area contributed by atoms with Gasteiger partial charge in [0.05, 0.1) is 10.5 Å². The molecule has 2 rings (SSSR count). The quantitative estimate of drug-likeness (QED) is 0.223. The van der Waals surface area contributed by atoms with E-state index in [1.54, 1.807) is 0 Å². The highest BCUT2D eigenvalue weighted by Gasteiger charge is 2.51. The second-order valence-corrected chi connectivity index (χ2v) is 15.6. The Kier molecular flexibility index (Phi) is 8.25. The lowest BCUT2D eigenvalue weighted by atomic mass is 9.70. The minimum atomic E-state index is -4.19. The van der Waals surface area contributed by atoms with Crippen LogP contribution in [0.25, 0.3) is 5.53 Å². The maximum absolute atomic E-state index is 13.2. The fourth-order valence-corrected chi connectivity index (χ4v) is 10.1. The molecule has 0 aromatic carbocycles. The third-order valence-electron chi connectivity index (χ3n) is 8.83. The Morgan fingerprint density at radius 3 is 1.23 bits per heavy atom. The van der Waals surface area contributed by atoms with Crippen LogP contribution in [-0.2, 0) is 19.7 Å². The highest BCUT2D eigenvalue weighted by atomic mass is 32.3. The monoisotopic (exact) mass is 474 g/mol. The number of rotatable bonds is 6. The van der Waals surface area contributed by atoms with Gasteiger partial charge in [-0.2, -0.15) is 0 Å². The second-order valence-electron chi connectivity index (χ2n) is 11.1. The molecule has 2 fully saturated rings. The molecule has 2 saturated carbocycles. The summed E-state index contributed by atoms with van der Waals surface area (Å²) in [5.74, 6) is 0.847. The Morgan fingerprint density at radius 2 is 1.00 bits per heavy atom. The van der Waals surface area contributed by atoms with Gasteiger partial charge in [-0.05, 0) is 74.0 Å². The van der Waals surface area contributed by atoms with Crippen LogP contribution < -0.4 is 0 Å². The van der Waals surface area contributed by atoms with Crippen LogP contribution in [0.4, 0.5) is 0 Å². The van der Waals surface area contributed by atoms with E-state index in [9.17, 15) is 22.4 Å². The first kappa shape index (κ1) is 26.5. The standard InChI is InChI=1S/C23H42N2O4S2/c1-7-22(3,4)17-9-13-19(14-10-17)30(26,27)21(25-24)31(28,29)20-15-11-18(12-16-20)23(5,6)8-2/h17-20H,7-16H2,1-6H3. The van der Waals surface area contributed by atoms with Gasteiger partial charge >= 0.3 is 4.38 Å². The first-order valence-corrected chi connectivity index (χ1v) is 15.0. The highest BCUT2D eigenvalue weighted by molar-refractivity contribution is 8.31. The molecule has 0 N–H and O–H groups in total. The molecule has 0 atom stereocenters. The normalized spacial score (nSPS) is 28.7. The molecule has 0 amide bonds. The van der Waals surface area contributed by atoms with Crippen LogP contribution in [0.2, 0.25) is 0 Å². The van der Waals surface area contributed by atoms with Crippen LogP contribution in [0.1, 0.15) is 106 Å². The molecule has 0 aromatic rings. The van der Waals surface area contributed by atoms with E-state index in [-0.39, 0.29) is 10.8 Å². The molecule has 0 saturated heterocycles. The van der Waals surface area contributed by atoms with E-state index in [4.69, 9.17) is 0 Å². The van der Waals surface area contributed by atoms with Gasteiger partial charge in [-0.15, -0.1) is 4.79 Å². The van der Waals surface area contributed by atoms with Crippen LogP contribution in [0, 0.1) is 22.7 Å². The molecular formula is C23H42N2O4S2. The van der Waals surface area contributed by atoms with E-state index in [0.717, 1.165) is 38.5 Å². The molecule has 0 bridgehead atoms. The van der Waals surface area contributed by atoms with Crippen molar-refractivity contribution in [3.63, 3.8) is 0 Å². The Labute approximate surface area is 190 Å². The van der Waals surface area contributed by atoms with E-state index < -0.39 is 34.6 Å². The Bertz CT molecular complexity index is 816. The van der Waals surface area contributed by atoms with Crippen LogP contribution in [-0.4, -0.2) is 36.5 Å². The Morgan fingerprint density at radius 1 is 0.710 bits per heavy atom. The van der Waals surface area contributed by atoms with Gasteiger partial charge < -0.3 is 5.53 Å². The fourth-order valence-electron chi connectivity index (χ4n) is 5.45. The SMILES string of the molecule is CCC(C)(C)C1CCC(S(=O)(=O)C(=[N+]=[N-])S(=O)(=O)C2CCC(C(C)(C)CC)CC2)CC1. The summed E-state index contributed by atoms with van der Waals surface area (Å²) in [5.41, 5.74) is 9.80.